The first-order chi connectivity index (χ1) is 15.3. The molecule has 186 valence electrons. The molecule has 0 spiro atoms. The van der Waals surface area contributed by atoms with Gasteiger partial charge in [-0.25, -0.2) is 0 Å². The van der Waals surface area contributed by atoms with Crippen LogP contribution in [0.15, 0.2) is 0 Å². The Morgan fingerprint density at radius 3 is 1.00 bits per heavy atom. The van der Waals surface area contributed by atoms with Crippen molar-refractivity contribution >= 4 is 5.97 Å². The van der Waals surface area contributed by atoms with Gasteiger partial charge >= 0.3 is 5.97 Å². The molecule has 0 amide bonds. The third-order valence-electron chi connectivity index (χ3n) is 6.47. The molecular weight excluding hydrogens is 380 g/mol. The van der Waals surface area contributed by atoms with Gasteiger partial charge in [0, 0.05) is 6.42 Å². The second-order valence-electron chi connectivity index (χ2n) is 9.75. The standard InChI is InChI=1S/C29H58O2/c1-3-5-6-7-8-9-10-11-12-13-14-15-16-17-18-19-20-21-22-23-24-25-26-28-31-29(30)27-4-2/h3-28H2,1-2H3. The van der Waals surface area contributed by atoms with Gasteiger partial charge in [-0.15, -0.1) is 0 Å². The van der Waals surface area contributed by atoms with E-state index in [1.54, 1.807) is 0 Å². The van der Waals surface area contributed by atoms with Crippen LogP contribution in [-0.2, 0) is 9.53 Å². The predicted octanol–water partition coefficient (Wildman–Crippen LogP) is 10.3. The maximum Gasteiger partial charge on any atom is 0.305 e. The molecule has 0 unspecified atom stereocenters. The van der Waals surface area contributed by atoms with Crippen molar-refractivity contribution in [1.82, 2.24) is 0 Å². The van der Waals surface area contributed by atoms with E-state index >= 15 is 0 Å². The lowest BCUT2D eigenvalue weighted by Gasteiger charge is -2.05. The average molecular weight is 439 g/mol. The van der Waals surface area contributed by atoms with Crippen LogP contribution in [0.3, 0.4) is 0 Å². The summed E-state index contributed by atoms with van der Waals surface area (Å²) in [5.74, 6) is -0.0266. The molecule has 2 heteroatoms. The molecule has 0 heterocycles. The van der Waals surface area contributed by atoms with Gasteiger partial charge in [-0.05, 0) is 12.8 Å². The van der Waals surface area contributed by atoms with Gasteiger partial charge in [-0.1, -0.05) is 155 Å². The summed E-state index contributed by atoms with van der Waals surface area (Å²) >= 11 is 0. The van der Waals surface area contributed by atoms with Crippen LogP contribution in [0.2, 0.25) is 0 Å². The van der Waals surface area contributed by atoms with E-state index in [1.165, 1.54) is 141 Å². The van der Waals surface area contributed by atoms with E-state index in [4.69, 9.17) is 4.74 Å². The Kier molecular flexibility index (Phi) is 27.0. The smallest absolute Gasteiger partial charge is 0.305 e. The van der Waals surface area contributed by atoms with Gasteiger partial charge in [0.2, 0.25) is 0 Å². The number of carbonyl (C=O) groups excluding carboxylic acids is 1. The van der Waals surface area contributed by atoms with Crippen molar-refractivity contribution in [2.24, 2.45) is 0 Å². The van der Waals surface area contributed by atoms with E-state index in [0.717, 1.165) is 12.8 Å². The van der Waals surface area contributed by atoms with Crippen molar-refractivity contribution < 1.29 is 9.53 Å². The molecular formula is C29H58O2. The summed E-state index contributed by atoms with van der Waals surface area (Å²) < 4.78 is 5.19. The number of esters is 1. The van der Waals surface area contributed by atoms with Crippen LogP contribution in [0.25, 0.3) is 0 Å². The van der Waals surface area contributed by atoms with E-state index < -0.39 is 0 Å². The molecule has 0 radical (unpaired) electrons. The van der Waals surface area contributed by atoms with Crippen LogP contribution in [0.1, 0.15) is 174 Å². The lowest BCUT2D eigenvalue weighted by molar-refractivity contribution is -0.143. The summed E-state index contributed by atoms with van der Waals surface area (Å²) in [6.45, 7) is 4.93. The maximum absolute atomic E-state index is 11.2. The van der Waals surface area contributed by atoms with E-state index in [9.17, 15) is 4.79 Å². The summed E-state index contributed by atoms with van der Waals surface area (Å²) in [6.07, 6.45) is 33.8. The minimum absolute atomic E-state index is 0.0266. The normalized spacial score (nSPS) is 11.2. The molecule has 0 bridgehead atoms. The summed E-state index contributed by atoms with van der Waals surface area (Å²) in [6, 6.07) is 0. The Morgan fingerprint density at radius 1 is 0.419 bits per heavy atom. The highest BCUT2D eigenvalue weighted by Gasteiger charge is 2.00. The van der Waals surface area contributed by atoms with Crippen molar-refractivity contribution in [3.63, 3.8) is 0 Å². The monoisotopic (exact) mass is 438 g/mol. The third kappa shape index (κ3) is 27.4. The number of hydrogen-bond donors (Lipinski definition) is 0. The Morgan fingerprint density at radius 2 is 0.710 bits per heavy atom. The quantitative estimate of drug-likeness (QED) is 0.0991. The molecule has 31 heavy (non-hydrogen) atoms. The molecule has 0 aromatic rings. The van der Waals surface area contributed by atoms with Crippen LogP contribution in [0.4, 0.5) is 0 Å². The SMILES string of the molecule is CCCCCCCCCCCCCCCCCCCCCCCCCOC(=O)CCC. The Balaban J connectivity index is 3.03. The van der Waals surface area contributed by atoms with Crippen LogP contribution in [0, 0.1) is 0 Å². The van der Waals surface area contributed by atoms with E-state index in [2.05, 4.69) is 6.92 Å². The van der Waals surface area contributed by atoms with Gasteiger partial charge in [0.05, 0.1) is 6.61 Å². The Bertz CT molecular complexity index is 340. The largest absolute Gasteiger partial charge is 0.466 e. The molecule has 0 aliphatic rings. The lowest BCUT2D eigenvalue weighted by atomic mass is 10.0. The van der Waals surface area contributed by atoms with E-state index in [-0.39, 0.29) is 5.97 Å². The highest BCUT2D eigenvalue weighted by Crippen LogP contribution is 2.15. The molecule has 0 saturated heterocycles. The van der Waals surface area contributed by atoms with E-state index in [1.807, 2.05) is 6.92 Å². The van der Waals surface area contributed by atoms with Gasteiger partial charge in [-0.3, -0.25) is 4.79 Å². The number of rotatable bonds is 26. The molecule has 0 rings (SSSR count). The first kappa shape index (κ1) is 30.5. The fourth-order valence-electron chi connectivity index (χ4n) is 4.35. The summed E-state index contributed by atoms with van der Waals surface area (Å²) in [5.41, 5.74) is 0. The average Bonchev–Trinajstić information content (AvgIpc) is 2.77. The number of carbonyl (C=O) groups is 1. The minimum atomic E-state index is -0.0266. The number of hydrogen-bond acceptors (Lipinski definition) is 2. The summed E-state index contributed by atoms with van der Waals surface area (Å²) in [7, 11) is 0. The van der Waals surface area contributed by atoms with Crippen LogP contribution in [0.5, 0.6) is 0 Å². The molecule has 0 aliphatic carbocycles. The first-order valence-corrected chi connectivity index (χ1v) is 14.5. The second-order valence-corrected chi connectivity index (χ2v) is 9.75. The van der Waals surface area contributed by atoms with Gasteiger partial charge < -0.3 is 4.74 Å². The molecule has 0 atom stereocenters. The fourth-order valence-corrected chi connectivity index (χ4v) is 4.35. The number of unbranched alkanes of at least 4 members (excludes halogenated alkanes) is 22. The molecule has 0 aromatic carbocycles. The topological polar surface area (TPSA) is 26.3 Å². The molecule has 2 nitrogen and oxygen atoms in total. The molecule has 0 fully saturated rings. The minimum Gasteiger partial charge on any atom is -0.466 e. The van der Waals surface area contributed by atoms with Crippen molar-refractivity contribution in [3.05, 3.63) is 0 Å². The third-order valence-corrected chi connectivity index (χ3v) is 6.47. The van der Waals surface area contributed by atoms with Gasteiger partial charge in [0.1, 0.15) is 0 Å². The summed E-state index contributed by atoms with van der Waals surface area (Å²) in [5, 5.41) is 0. The Labute approximate surface area is 196 Å². The van der Waals surface area contributed by atoms with Crippen molar-refractivity contribution in [3.8, 4) is 0 Å². The van der Waals surface area contributed by atoms with Crippen LogP contribution >= 0.6 is 0 Å². The molecule has 0 aromatic heterocycles. The zero-order chi connectivity index (χ0) is 22.7. The fraction of sp³-hybridized carbons (Fsp3) is 0.966. The Hall–Kier alpha value is -0.530. The molecule has 0 N–H and O–H groups in total. The molecule has 0 aliphatic heterocycles. The zero-order valence-corrected chi connectivity index (χ0v) is 21.7. The van der Waals surface area contributed by atoms with Crippen molar-refractivity contribution in [1.29, 1.82) is 0 Å². The second kappa shape index (κ2) is 27.5. The lowest BCUT2D eigenvalue weighted by Crippen LogP contribution is -2.04. The van der Waals surface area contributed by atoms with Crippen LogP contribution in [-0.4, -0.2) is 12.6 Å². The van der Waals surface area contributed by atoms with Crippen LogP contribution < -0.4 is 0 Å². The van der Waals surface area contributed by atoms with E-state index in [0.29, 0.717) is 13.0 Å². The summed E-state index contributed by atoms with van der Waals surface area (Å²) in [4.78, 5) is 11.2. The predicted molar refractivity (Wildman–Crippen MR) is 138 cm³/mol. The maximum atomic E-state index is 11.2. The van der Waals surface area contributed by atoms with Gasteiger partial charge in [0.25, 0.3) is 0 Å². The first-order valence-electron chi connectivity index (χ1n) is 14.5. The molecule has 0 saturated carbocycles. The van der Waals surface area contributed by atoms with Gasteiger partial charge in [0.15, 0.2) is 0 Å². The van der Waals surface area contributed by atoms with Crippen molar-refractivity contribution in [2.75, 3.05) is 6.61 Å². The highest BCUT2D eigenvalue weighted by atomic mass is 16.5. The number of ether oxygens (including phenoxy) is 1. The zero-order valence-electron chi connectivity index (χ0n) is 21.7. The van der Waals surface area contributed by atoms with Crippen molar-refractivity contribution in [2.45, 2.75) is 174 Å². The van der Waals surface area contributed by atoms with Gasteiger partial charge in [-0.2, -0.15) is 0 Å². The highest BCUT2D eigenvalue weighted by molar-refractivity contribution is 5.69.